The van der Waals surface area contributed by atoms with Crippen molar-refractivity contribution in [2.45, 2.75) is 27.2 Å². The van der Waals surface area contributed by atoms with E-state index in [9.17, 15) is 4.79 Å². The summed E-state index contributed by atoms with van der Waals surface area (Å²) in [7, 11) is 4.03. The van der Waals surface area contributed by atoms with Gasteiger partial charge in [0.25, 0.3) is 5.91 Å². The monoisotopic (exact) mass is 551 g/mol. The van der Waals surface area contributed by atoms with Gasteiger partial charge in [0, 0.05) is 24.2 Å². The molecule has 0 spiro atoms. The van der Waals surface area contributed by atoms with Crippen molar-refractivity contribution >= 4 is 45.0 Å². The van der Waals surface area contributed by atoms with Gasteiger partial charge in [-0.15, -0.1) is 12.4 Å². The molecule has 0 aliphatic carbocycles. The number of benzene rings is 2. The van der Waals surface area contributed by atoms with E-state index in [-0.39, 0.29) is 25.1 Å². The zero-order valence-corrected chi connectivity index (χ0v) is 23.5. The third-order valence-electron chi connectivity index (χ3n) is 5.49. The molecular weight excluding hydrogens is 518 g/mol. The van der Waals surface area contributed by atoms with E-state index in [1.54, 1.807) is 17.0 Å². The van der Waals surface area contributed by atoms with Crippen molar-refractivity contribution in [3.8, 4) is 28.7 Å². The number of thiazole rings is 1. The van der Waals surface area contributed by atoms with Crippen LogP contribution < -0.4 is 28.6 Å². The third kappa shape index (κ3) is 6.49. The van der Waals surface area contributed by atoms with Gasteiger partial charge in [0.05, 0.1) is 30.0 Å². The molecule has 0 saturated carbocycles. The first-order valence-corrected chi connectivity index (χ1v) is 13.0. The second kappa shape index (κ2) is 13.0. The lowest BCUT2D eigenvalue weighted by Gasteiger charge is -2.22. The topological polar surface area (TPSA) is 82.6 Å². The number of carbonyl (C=O) groups excluding carboxylic acids is 1. The lowest BCUT2D eigenvalue weighted by Crippen LogP contribution is -2.33. The highest BCUT2D eigenvalue weighted by Crippen LogP contribution is 2.42. The summed E-state index contributed by atoms with van der Waals surface area (Å²) in [4.78, 5) is 22.6. The Bertz CT molecular complexity index is 1150. The van der Waals surface area contributed by atoms with E-state index in [0.717, 1.165) is 23.2 Å². The Morgan fingerprint density at radius 3 is 2.16 bits per heavy atom. The van der Waals surface area contributed by atoms with Crippen LogP contribution in [0.25, 0.3) is 10.2 Å². The van der Waals surface area contributed by atoms with E-state index < -0.39 is 0 Å². The van der Waals surface area contributed by atoms with Crippen LogP contribution in [0.4, 0.5) is 5.13 Å². The highest BCUT2D eigenvalue weighted by atomic mass is 35.5. The zero-order valence-electron chi connectivity index (χ0n) is 21.9. The standard InChI is InChI=1S/C26H33N3O6S.ClH/c1-6-31-21-12-17(13-22(32-7-2)24(21)33-8-3)25(30)29(11-9-10-28(4)5)26-27-18-14-19-20(35-16-34-19)15-23(18)36-26;/h12-15H,6-11,16H2,1-5H3;1H. The van der Waals surface area contributed by atoms with Gasteiger partial charge in [-0.05, 0) is 60.0 Å². The summed E-state index contributed by atoms with van der Waals surface area (Å²) in [6.45, 7) is 8.55. The van der Waals surface area contributed by atoms with Crippen LogP contribution >= 0.6 is 23.7 Å². The molecule has 37 heavy (non-hydrogen) atoms. The van der Waals surface area contributed by atoms with Crippen LogP contribution in [0, 0.1) is 0 Å². The fourth-order valence-corrected chi connectivity index (χ4v) is 4.92. The van der Waals surface area contributed by atoms with Gasteiger partial charge in [-0.25, -0.2) is 4.98 Å². The molecule has 2 heterocycles. The van der Waals surface area contributed by atoms with Gasteiger partial charge >= 0.3 is 0 Å². The summed E-state index contributed by atoms with van der Waals surface area (Å²) < 4.78 is 29.4. The molecule has 1 aliphatic heterocycles. The van der Waals surface area contributed by atoms with Crippen LogP contribution in [0.5, 0.6) is 28.7 Å². The maximum atomic E-state index is 14.0. The molecule has 0 radical (unpaired) electrons. The van der Waals surface area contributed by atoms with E-state index in [1.165, 1.54) is 11.3 Å². The van der Waals surface area contributed by atoms with Gasteiger partial charge in [0.15, 0.2) is 28.1 Å². The summed E-state index contributed by atoms with van der Waals surface area (Å²) in [5.74, 6) is 2.65. The van der Waals surface area contributed by atoms with Crippen LogP contribution in [0.1, 0.15) is 37.6 Å². The molecule has 4 rings (SSSR count). The average molecular weight is 552 g/mol. The molecule has 0 fully saturated rings. The predicted octanol–water partition coefficient (Wildman–Crippen LogP) is 5.24. The summed E-state index contributed by atoms with van der Waals surface area (Å²) >= 11 is 1.45. The highest BCUT2D eigenvalue weighted by molar-refractivity contribution is 7.22. The summed E-state index contributed by atoms with van der Waals surface area (Å²) in [6, 6.07) is 7.22. The Morgan fingerprint density at radius 2 is 1.57 bits per heavy atom. The number of aromatic nitrogens is 1. The van der Waals surface area contributed by atoms with Gasteiger partial charge in [-0.2, -0.15) is 0 Å². The van der Waals surface area contributed by atoms with Crippen LogP contribution in [0.3, 0.4) is 0 Å². The van der Waals surface area contributed by atoms with Crippen LogP contribution in [-0.4, -0.2) is 69.6 Å². The number of nitrogens with zero attached hydrogens (tertiary/aromatic N) is 3. The van der Waals surface area contributed by atoms with E-state index >= 15 is 0 Å². The molecule has 9 nitrogen and oxygen atoms in total. The molecule has 0 atom stereocenters. The average Bonchev–Trinajstić information content (AvgIpc) is 3.47. The van der Waals surface area contributed by atoms with Gasteiger partial charge in [0.2, 0.25) is 12.5 Å². The van der Waals surface area contributed by atoms with Crippen LogP contribution in [0.2, 0.25) is 0 Å². The molecule has 1 aromatic heterocycles. The molecule has 1 aliphatic rings. The lowest BCUT2D eigenvalue weighted by atomic mass is 10.1. The predicted molar refractivity (Wildman–Crippen MR) is 148 cm³/mol. The van der Waals surface area contributed by atoms with Gasteiger partial charge in [0.1, 0.15) is 0 Å². The molecule has 0 saturated heterocycles. The fraction of sp³-hybridized carbons (Fsp3) is 0.462. The van der Waals surface area contributed by atoms with Gasteiger partial charge in [-0.1, -0.05) is 11.3 Å². The molecule has 11 heteroatoms. The SMILES string of the molecule is CCOc1cc(C(=O)N(CCCN(C)C)c2nc3cc4c(cc3s2)OCO4)cc(OCC)c1OCC.Cl. The number of amides is 1. The van der Waals surface area contributed by atoms with Crippen molar-refractivity contribution in [3.05, 3.63) is 29.8 Å². The Balaban J connectivity index is 0.00000380. The molecule has 2 aromatic carbocycles. The quantitative estimate of drug-likeness (QED) is 0.302. The lowest BCUT2D eigenvalue weighted by molar-refractivity contribution is 0.0985. The first kappa shape index (κ1) is 28.6. The number of carbonyl (C=O) groups is 1. The maximum absolute atomic E-state index is 14.0. The smallest absolute Gasteiger partial charge is 0.260 e. The van der Waals surface area contributed by atoms with Crippen molar-refractivity contribution in [1.29, 1.82) is 0 Å². The first-order valence-electron chi connectivity index (χ1n) is 12.2. The maximum Gasteiger partial charge on any atom is 0.260 e. The minimum absolute atomic E-state index is 0. The number of hydrogen-bond donors (Lipinski definition) is 0. The number of anilines is 1. The Labute approximate surface area is 227 Å². The fourth-order valence-electron chi connectivity index (χ4n) is 3.92. The number of halogens is 1. The summed E-state index contributed by atoms with van der Waals surface area (Å²) in [5, 5.41) is 0.613. The van der Waals surface area contributed by atoms with Crippen LogP contribution in [-0.2, 0) is 0 Å². The molecule has 3 aromatic rings. The number of hydrogen-bond acceptors (Lipinski definition) is 9. The van der Waals surface area contributed by atoms with E-state index in [2.05, 4.69) is 4.90 Å². The minimum Gasteiger partial charge on any atom is -0.490 e. The summed E-state index contributed by atoms with van der Waals surface area (Å²) in [5.41, 5.74) is 1.21. The van der Waals surface area contributed by atoms with Crippen molar-refractivity contribution in [2.75, 3.05) is 58.7 Å². The molecule has 0 bridgehead atoms. The van der Waals surface area contributed by atoms with Gasteiger partial charge in [-0.3, -0.25) is 9.69 Å². The van der Waals surface area contributed by atoms with Crippen molar-refractivity contribution in [1.82, 2.24) is 9.88 Å². The molecule has 202 valence electrons. The van der Waals surface area contributed by atoms with E-state index in [0.29, 0.717) is 65.8 Å². The Hall–Kier alpha value is -2.95. The van der Waals surface area contributed by atoms with Crippen molar-refractivity contribution in [2.24, 2.45) is 0 Å². The van der Waals surface area contributed by atoms with E-state index in [4.69, 9.17) is 28.7 Å². The second-order valence-corrected chi connectivity index (χ2v) is 9.39. The number of ether oxygens (including phenoxy) is 5. The van der Waals surface area contributed by atoms with Gasteiger partial charge < -0.3 is 28.6 Å². The number of fused-ring (bicyclic) bond motifs is 2. The molecular formula is C26H34ClN3O6S. The molecule has 0 N–H and O–H groups in total. The second-order valence-electron chi connectivity index (χ2n) is 8.38. The Morgan fingerprint density at radius 1 is 0.946 bits per heavy atom. The van der Waals surface area contributed by atoms with Crippen molar-refractivity contribution in [3.63, 3.8) is 0 Å². The largest absolute Gasteiger partial charge is 0.490 e. The van der Waals surface area contributed by atoms with Crippen LogP contribution in [0.15, 0.2) is 24.3 Å². The zero-order chi connectivity index (χ0) is 25.7. The molecule has 0 unspecified atom stereocenters. The van der Waals surface area contributed by atoms with E-state index in [1.807, 2.05) is 47.0 Å². The normalized spacial score (nSPS) is 11.9. The molecule has 1 amide bonds. The number of rotatable bonds is 12. The highest BCUT2D eigenvalue weighted by Gasteiger charge is 2.26. The Kier molecular flexibility index (Phi) is 10.1. The third-order valence-corrected chi connectivity index (χ3v) is 6.53. The first-order chi connectivity index (χ1) is 17.4. The van der Waals surface area contributed by atoms with Crippen molar-refractivity contribution < 1.29 is 28.5 Å². The summed E-state index contributed by atoms with van der Waals surface area (Å²) in [6.07, 6.45) is 0.783. The minimum atomic E-state index is -0.183.